The number of benzene rings is 1. The third-order valence-electron chi connectivity index (χ3n) is 2.69. The Labute approximate surface area is 112 Å². The summed E-state index contributed by atoms with van der Waals surface area (Å²) in [7, 11) is 0. The number of rotatable bonds is 6. The van der Waals surface area contributed by atoms with Gasteiger partial charge < -0.3 is 10.1 Å². The summed E-state index contributed by atoms with van der Waals surface area (Å²) in [5, 5.41) is 3.40. The first-order chi connectivity index (χ1) is 8.79. The van der Waals surface area contributed by atoms with Crippen LogP contribution in [0.2, 0.25) is 0 Å². The van der Waals surface area contributed by atoms with Gasteiger partial charge in [-0.1, -0.05) is 0 Å². The minimum Gasteiger partial charge on any atom is -0.494 e. The van der Waals surface area contributed by atoms with Gasteiger partial charge in [0.25, 0.3) is 0 Å². The fourth-order valence-corrected chi connectivity index (χ4v) is 2.50. The predicted octanol–water partition coefficient (Wildman–Crippen LogP) is 3.50. The van der Waals surface area contributed by atoms with Crippen LogP contribution in [0.5, 0.6) is 5.75 Å². The van der Waals surface area contributed by atoms with Crippen LogP contribution in [0.4, 0.5) is 5.69 Å². The molecule has 1 N–H and O–H groups in total. The minimum absolute atomic E-state index is 0.706. The summed E-state index contributed by atoms with van der Waals surface area (Å²) in [5.41, 5.74) is 4.18. The van der Waals surface area contributed by atoms with Crippen LogP contribution in [0, 0.1) is 6.92 Å². The average molecular weight is 262 g/mol. The molecule has 0 unspecified atom stereocenters. The molecule has 0 aliphatic carbocycles. The van der Waals surface area contributed by atoms with Gasteiger partial charge in [-0.2, -0.15) is 0 Å². The molecule has 1 heterocycles. The normalized spacial score (nSPS) is 10.3. The fourth-order valence-electron chi connectivity index (χ4n) is 1.72. The highest BCUT2D eigenvalue weighted by atomic mass is 32.1. The van der Waals surface area contributed by atoms with E-state index in [9.17, 15) is 0 Å². The molecule has 0 radical (unpaired) electrons. The Morgan fingerprint density at radius 1 is 1.28 bits per heavy atom. The first-order valence-corrected chi connectivity index (χ1v) is 7.03. The van der Waals surface area contributed by atoms with Gasteiger partial charge in [0.2, 0.25) is 0 Å². The Kier molecular flexibility index (Phi) is 4.59. The molecule has 0 saturated carbocycles. The molecule has 18 heavy (non-hydrogen) atoms. The van der Waals surface area contributed by atoms with Crippen molar-refractivity contribution in [1.29, 1.82) is 0 Å². The van der Waals surface area contributed by atoms with Gasteiger partial charge in [0, 0.05) is 23.5 Å². The Hall–Kier alpha value is -1.55. The molecular formula is C14H18N2OS. The molecule has 1 aromatic carbocycles. The Bertz CT molecular complexity index is 479. The van der Waals surface area contributed by atoms with E-state index < -0.39 is 0 Å². The smallest absolute Gasteiger partial charge is 0.119 e. The van der Waals surface area contributed by atoms with E-state index in [2.05, 4.69) is 17.2 Å². The second kappa shape index (κ2) is 6.40. The maximum atomic E-state index is 5.41. The maximum absolute atomic E-state index is 5.41. The zero-order chi connectivity index (χ0) is 12.8. The lowest BCUT2D eigenvalue weighted by molar-refractivity contribution is 0.340. The molecule has 96 valence electrons. The van der Waals surface area contributed by atoms with Crippen LogP contribution in [0.1, 0.15) is 17.5 Å². The third kappa shape index (κ3) is 3.47. The van der Waals surface area contributed by atoms with Gasteiger partial charge in [0.05, 0.1) is 17.8 Å². The van der Waals surface area contributed by atoms with Gasteiger partial charge in [-0.15, -0.1) is 11.3 Å². The fraction of sp³-hybridized carbons (Fsp3) is 0.357. The van der Waals surface area contributed by atoms with E-state index >= 15 is 0 Å². The zero-order valence-electron chi connectivity index (χ0n) is 10.8. The lowest BCUT2D eigenvalue weighted by Crippen LogP contribution is -2.04. The Morgan fingerprint density at radius 3 is 2.67 bits per heavy atom. The van der Waals surface area contributed by atoms with Crippen molar-refractivity contribution in [2.45, 2.75) is 20.3 Å². The highest BCUT2D eigenvalue weighted by Crippen LogP contribution is 2.16. The minimum atomic E-state index is 0.706. The van der Waals surface area contributed by atoms with Crippen LogP contribution < -0.4 is 10.1 Å². The molecule has 0 saturated heterocycles. The predicted molar refractivity (Wildman–Crippen MR) is 76.7 cm³/mol. The van der Waals surface area contributed by atoms with E-state index in [0.29, 0.717) is 6.61 Å². The number of nitrogens with one attached hydrogen (secondary N) is 1. The second-order valence-corrected chi connectivity index (χ2v) is 4.93. The molecule has 2 rings (SSSR count). The first kappa shape index (κ1) is 12.9. The highest BCUT2D eigenvalue weighted by molar-refractivity contribution is 7.09. The van der Waals surface area contributed by atoms with Crippen molar-refractivity contribution >= 4 is 17.0 Å². The SMILES string of the molecule is CCOc1ccc(NCCc2scnc2C)cc1. The summed E-state index contributed by atoms with van der Waals surface area (Å²) >= 11 is 1.72. The van der Waals surface area contributed by atoms with Crippen LogP contribution in [-0.2, 0) is 6.42 Å². The molecular weight excluding hydrogens is 244 g/mol. The van der Waals surface area contributed by atoms with Gasteiger partial charge in [0.15, 0.2) is 0 Å². The lowest BCUT2D eigenvalue weighted by Gasteiger charge is -2.07. The molecule has 2 aromatic rings. The summed E-state index contributed by atoms with van der Waals surface area (Å²) in [6.07, 6.45) is 1.02. The number of thiazole rings is 1. The molecule has 0 aliphatic rings. The number of hydrogen-bond acceptors (Lipinski definition) is 4. The number of nitrogens with zero attached hydrogens (tertiary/aromatic N) is 1. The van der Waals surface area contributed by atoms with E-state index in [1.165, 1.54) is 4.88 Å². The monoisotopic (exact) mass is 262 g/mol. The summed E-state index contributed by atoms with van der Waals surface area (Å²) in [4.78, 5) is 5.60. The number of aromatic nitrogens is 1. The molecule has 0 spiro atoms. The van der Waals surface area contributed by atoms with Crippen LogP contribution in [0.3, 0.4) is 0 Å². The maximum Gasteiger partial charge on any atom is 0.119 e. The second-order valence-electron chi connectivity index (χ2n) is 4.00. The highest BCUT2D eigenvalue weighted by Gasteiger charge is 2.00. The Balaban J connectivity index is 1.81. The zero-order valence-corrected chi connectivity index (χ0v) is 11.6. The number of hydrogen-bond donors (Lipinski definition) is 1. The van der Waals surface area contributed by atoms with Gasteiger partial charge in [-0.25, -0.2) is 4.98 Å². The summed E-state index contributed by atoms with van der Waals surface area (Å²) < 4.78 is 5.41. The molecule has 0 aliphatic heterocycles. The van der Waals surface area contributed by atoms with E-state index in [1.807, 2.05) is 36.7 Å². The molecule has 3 nitrogen and oxygen atoms in total. The molecule has 4 heteroatoms. The van der Waals surface area contributed by atoms with Crippen LogP contribution in [0.25, 0.3) is 0 Å². The van der Waals surface area contributed by atoms with Crippen LogP contribution >= 0.6 is 11.3 Å². The molecule has 1 aromatic heterocycles. The first-order valence-electron chi connectivity index (χ1n) is 6.15. The summed E-state index contributed by atoms with van der Waals surface area (Å²) in [6.45, 7) is 5.68. The van der Waals surface area contributed by atoms with E-state index in [4.69, 9.17) is 4.74 Å². The average Bonchev–Trinajstić information content (AvgIpc) is 2.78. The summed E-state index contributed by atoms with van der Waals surface area (Å²) in [5.74, 6) is 0.918. The quantitative estimate of drug-likeness (QED) is 0.865. The van der Waals surface area contributed by atoms with E-state index in [1.54, 1.807) is 11.3 Å². The molecule has 0 amide bonds. The lowest BCUT2D eigenvalue weighted by atomic mass is 10.2. The van der Waals surface area contributed by atoms with Gasteiger partial charge in [-0.3, -0.25) is 0 Å². The van der Waals surface area contributed by atoms with E-state index in [-0.39, 0.29) is 0 Å². The van der Waals surface area contributed by atoms with Crippen molar-refractivity contribution in [2.24, 2.45) is 0 Å². The van der Waals surface area contributed by atoms with Crippen LogP contribution in [0.15, 0.2) is 29.8 Å². The van der Waals surface area contributed by atoms with Crippen molar-refractivity contribution in [3.05, 3.63) is 40.3 Å². The Morgan fingerprint density at radius 2 is 2.06 bits per heavy atom. The summed E-state index contributed by atoms with van der Waals surface area (Å²) in [6, 6.07) is 8.07. The van der Waals surface area contributed by atoms with Crippen molar-refractivity contribution < 1.29 is 4.74 Å². The number of ether oxygens (including phenoxy) is 1. The molecule has 0 bridgehead atoms. The van der Waals surface area contributed by atoms with Gasteiger partial charge in [0.1, 0.15) is 5.75 Å². The van der Waals surface area contributed by atoms with Crippen molar-refractivity contribution in [3.8, 4) is 5.75 Å². The number of anilines is 1. The molecule has 0 fully saturated rings. The van der Waals surface area contributed by atoms with Crippen molar-refractivity contribution in [3.63, 3.8) is 0 Å². The van der Waals surface area contributed by atoms with Gasteiger partial charge >= 0.3 is 0 Å². The van der Waals surface area contributed by atoms with Crippen LogP contribution in [-0.4, -0.2) is 18.1 Å². The standard InChI is InChI=1S/C14H18N2OS/c1-3-17-13-6-4-12(5-7-13)15-9-8-14-11(2)16-10-18-14/h4-7,10,15H,3,8-9H2,1-2H3. The van der Waals surface area contributed by atoms with Gasteiger partial charge in [-0.05, 0) is 38.1 Å². The third-order valence-corrected chi connectivity index (χ3v) is 3.69. The largest absolute Gasteiger partial charge is 0.494 e. The molecule has 0 atom stereocenters. The topological polar surface area (TPSA) is 34.1 Å². The van der Waals surface area contributed by atoms with Crippen molar-refractivity contribution in [2.75, 3.05) is 18.5 Å². The van der Waals surface area contributed by atoms with Crippen molar-refractivity contribution in [1.82, 2.24) is 4.98 Å². The van der Waals surface area contributed by atoms with E-state index in [0.717, 1.165) is 30.1 Å². The number of aryl methyl sites for hydroxylation is 1.